The number of carboxylic acids is 1. The van der Waals surface area contributed by atoms with Gasteiger partial charge in [0.05, 0.1) is 0 Å². The van der Waals surface area contributed by atoms with Crippen LogP contribution in [0.15, 0.2) is 48.6 Å². The van der Waals surface area contributed by atoms with E-state index in [0.29, 0.717) is 0 Å². The van der Waals surface area contributed by atoms with Crippen molar-refractivity contribution in [3.8, 4) is 0 Å². The quantitative estimate of drug-likeness (QED) is 0.305. The summed E-state index contributed by atoms with van der Waals surface area (Å²) >= 11 is 0. The van der Waals surface area contributed by atoms with Gasteiger partial charge in [0.1, 0.15) is 0 Å². The van der Waals surface area contributed by atoms with E-state index in [9.17, 15) is 4.79 Å². The number of hydrogen-bond acceptors (Lipinski definition) is 1. The summed E-state index contributed by atoms with van der Waals surface area (Å²) in [5.41, 5.74) is 0. The summed E-state index contributed by atoms with van der Waals surface area (Å²) in [6, 6.07) is 0. The zero-order valence-corrected chi connectivity index (χ0v) is 14.0. The van der Waals surface area contributed by atoms with Crippen LogP contribution in [0.25, 0.3) is 0 Å². The smallest absolute Gasteiger partial charge is 0.303 e. The van der Waals surface area contributed by atoms with Crippen LogP contribution >= 0.6 is 0 Å². The van der Waals surface area contributed by atoms with Crippen molar-refractivity contribution in [3.05, 3.63) is 48.6 Å². The minimum Gasteiger partial charge on any atom is -0.481 e. The Hall–Kier alpha value is -1.57. The van der Waals surface area contributed by atoms with Crippen LogP contribution < -0.4 is 0 Å². The fraction of sp³-hybridized carbons (Fsp3) is 0.550. The van der Waals surface area contributed by atoms with Crippen molar-refractivity contribution in [1.29, 1.82) is 0 Å². The molecule has 1 N–H and O–H groups in total. The zero-order valence-electron chi connectivity index (χ0n) is 14.0. The van der Waals surface area contributed by atoms with Crippen molar-refractivity contribution in [1.82, 2.24) is 0 Å². The summed E-state index contributed by atoms with van der Waals surface area (Å²) in [7, 11) is 0. The molecule has 0 radical (unpaired) electrons. The van der Waals surface area contributed by atoms with Gasteiger partial charge in [0, 0.05) is 6.42 Å². The maximum atomic E-state index is 10.3. The summed E-state index contributed by atoms with van der Waals surface area (Å²) in [5, 5.41) is 8.50. The third kappa shape index (κ3) is 18.4. The molecule has 0 aromatic carbocycles. The first-order chi connectivity index (χ1) is 10.8. The summed E-state index contributed by atoms with van der Waals surface area (Å²) in [5.74, 6) is -0.706. The van der Waals surface area contributed by atoms with E-state index in [1.807, 2.05) is 24.3 Å². The maximum Gasteiger partial charge on any atom is 0.303 e. The highest BCUT2D eigenvalue weighted by Crippen LogP contribution is 2.05. The molecule has 0 atom stereocenters. The Morgan fingerprint density at radius 2 is 1.23 bits per heavy atom. The Balaban J connectivity index is 3.45. The van der Waals surface area contributed by atoms with Crippen LogP contribution in [0.2, 0.25) is 0 Å². The lowest BCUT2D eigenvalue weighted by atomic mass is 10.1. The molecule has 0 spiro atoms. The van der Waals surface area contributed by atoms with Crippen molar-refractivity contribution >= 4 is 5.97 Å². The Kier molecular flexibility index (Phi) is 16.2. The van der Waals surface area contributed by atoms with Gasteiger partial charge in [-0.25, -0.2) is 0 Å². The van der Waals surface area contributed by atoms with Gasteiger partial charge in [-0.05, 0) is 32.1 Å². The van der Waals surface area contributed by atoms with Crippen molar-refractivity contribution < 1.29 is 9.90 Å². The first kappa shape index (κ1) is 20.4. The second-order valence-electron chi connectivity index (χ2n) is 5.47. The molecule has 0 aromatic rings. The zero-order chi connectivity index (χ0) is 16.3. The van der Waals surface area contributed by atoms with Gasteiger partial charge in [-0.3, -0.25) is 4.79 Å². The molecule has 0 fully saturated rings. The first-order valence-electron chi connectivity index (χ1n) is 8.64. The Bertz CT molecular complexity index is 362. The van der Waals surface area contributed by atoms with Crippen molar-refractivity contribution in [2.45, 2.75) is 71.1 Å². The highest BCUT2D eigenvalue weighted by Gasteiger charge is 1.93. The van der Waals surface area contributed by atoms with Crippen LogP contribution in [-0.2, 0) is 4.79 Å². The van der Waals surface area contributed by atoms with Gasteiger partial charge in [0.25, 0.3) is 0 Å². The predicted molar refractivity (Wildman–Crippen MR) is 96.0 cm³/mol. The van der Waals surface area contributed by atoms with Gasteiger partial charge in [0.15, 0.2) is 0 Å². The number of allylic oxidation sites excluding steroid dienone is 8. The number of hydrogen-bond donors (Lipinski definition) is 1. The minimum atomic E-state index is -0.706. The molecule has 0 aromatic heterocycles. The standard InChI is InChI=1S/C20H32O2/c1-2-3-4-5-6-7-8-9-10-11-12-13-14-15-16-17-18-19-20(21)22/h8-15H,2-7,16-19H2,1H3,(H,21,22). The molecule has 0 aliphatic carbocycles. The summed E-state index contributed by atoms with van der Waals surface area (Å²) < 4.78 is 0. The van der Waals surface area contributed by atoms with Crippen molar-refractivity contribution in [2.75, 3.05) is 0 Å². The van der Waals surface area contributed by atoms with E-state index in [-0.39, 0.29) is 6.42 Å². The van der Waals surface area contributed by atoms with Crippen molar-refractivity contribution in [2.24, 2.45) is 0 Å². The second-order valence-corrected chi connectivity index (χ2v) is 5.47. The number of rotatable bonds is 14. The van der Waals surface area contributed by atoms with E-state index < -0.39 is 5.97 Å². The lowest BCUT2D eigenvalue weighted by Crippen LogP contribution is -1.92. The topological polar surface area (TPSA) is 37.3 Å². The third-order valence-electron chi connectivity index (χ3n) is 3.31. The number of unbranched alkanes of at least 4 members (excludes halogenated alkanes) is 7. The second kappa shape index (κ2) is 17.5. The van der Waals surface area contributed by atoms with Gasteiger partial charge >= 0.3 is 5.97 Å². The lowest BCUT2D eigenvalue weighted by molar-refractivity contribution is -0.137. The largest absolute Gasteiger partial charge is 0.481 e. The molecule has 0 bridgehead atoms. The highest BCUT2D eigenvalue weighted by atomic mass is 16.4. The van der Waals surface area contributed by atoms with Gasteiger partial charge < -0.3 is 5.11 Å². The van der Waals surface area contributed by atoms with Crippen LogP contribution in [0.3, 0.4) is 0 Å². The summed E-state index contributed by atoms with van der Waals surface area (Å²) in [6.07, 6.45) is 27.3. The highest BCUT2D eigenvalue weighted by molar-refractivity contribution is 5.66. The molecule has 0 saturated carbocycles. The monoisotopic (exact) mass is 304 g/mol. The fourth-order valence-electron chi connectivity index (χ4n) is 2.01. The van der Waals surface area contributed by atoms with Gasteiger partial charge in [-0.2, -0.15) is 0 Å². The molecule has 0 saturated heterocycles. The van der Waals surface area contributed by atoms with E-state index in [4.69, 9.17) is 5.11 Å². The molecule has 0 rings (SSSR count). The van der Waals surface area contributed by atoms with Crippen LogP contribution in [0.5, 0.6) is 0 Å². The Labute approximate surface area is 136 Å². The number of carboxylic acid groups (broad SMARTS) is 1. The molecular formula is C20H32O2. The van der Waals surface area contributed by atoms with Crippen LogP contribution in [0.4, 0.5) is 0 Å². The molecule has 0 aliphatic heterocycles. The molecule has 124 valence electrons. The minimum absolute atomic E-state index is 0.275. The molecule has 22 heavy (non-hydrogen) atoms. The van der Waals surface area contributed by atoms with Crippen molar-refractivity contribution in [3.63, 3.8) is 0 Å². The average molecular weight is 304 g/mol. The molecule has 0 unspecified atom stereocenters. The molecule has 0 heterocycles. The third-order valence-corrected chi connectivity index (χ3v) is 3.31. The predicted octanol–water partition coefficient (Wildman–Crippen LogP) is 6.22. The maximum absolute atomic E-state index is 10.3. The van der Waals surface area contributed by atoms with E-state index in [1.54, 1.807) is 0 Å². The molecule has 0 aliphatic rings. The first-order valence-corrected chi connectivity index (χ1v) is 8.64. The van der Waals surface area contributed by atoms with Crippen LogP contribution in [-0.4, -0.2) is 11.1 Å². The van der Waals surface area contributed by atoms with Crippen LogP contribution in [0, 0.1) is 0 Å². The summed E-state index contributed by atoms with van der Waals surface area (Å²) in [4.78, 5) is 10.3. The van der Waals surface area contributed by atoms with Crippen LogP contribution in [0.1, 0.15) is 71.1 Å². The lowest BCUT2D eigenvalue weighted by Gasteiger charge is -1.95. The van der Waals surface area contributed by atoms with Gasteiger partial charge in [-0.15, -0.1) is 0 Å². The van der Waals surface area contributed by atoms with Gasteiger partial charge in [0.2, 0.25) is 0 Å². The van der Waals surface area contributed by atoms with E-state index in [2.05, 4.69) is 31.2 Å². The molecule has 0 amide bonds. The number of aliphatic carboxylic acids is 1. The summed E-state index contributed by atoms with van der Waals surface area (Å²) in [6.45, 7) is 2.24. The molecular weight excluding hydrogens is 272 g/mol. The molecule has 2 nitrogen and oxygen atoms in total. The van der Waals surface area contributed by atoms with E-state index in [0.717, 1.165) is 19.3 Å². The fourth-order valence-corrected chi connectivity index (χ4v) is 2.01. The Morgan fingerprint density at radius 3 is 1.77 bits per heavy atom. The molecule has 2 heteroatoms. The average Bonchev–Trinajstić information content (AvgIpc) is 2.50. The number of carbonyl (C=O) groups is 1. The van der Waals surface area contributed by atoms with E-state index in [1.165, 1.54) is 38.5 Å². The Morgan fingerprint density at radius 1 is 0.727 bits per heavy atom. The normalized spacial score (nSPS) is 12.4. The van der Waals surface area contributed by atoms with E-state index >= 15 is 0 Å². The van der Waals surface area contributed by atoms with Gasteiger partial charge in [-0.1, -0.05) is 81.2 Å². The SMILES string of the molecule is CCCCCCCC=CC=CC=CC=CCCCCC(=O)O.